The third-order valence-electron chi connectivity index (χ3n) is 4.76. The summed E-state index contributed by atoms with van der Waals surface area (Å²) in [4.78, 5) is 28.2. The Morgan fingerprint density at radius 1 is 1.00 bits per heavy atom. The van der Waals surface area contributed by atoms with Crippen LogP contribution in [0.1, 0.15) is 22.0 Å². The highest BCUT2D eigenvalue weighted by molar-refractivity contribution is 7.09. The number of carbonyl (C=O) groups excluding carboxylic acids is 2. The van der Waals surface area contributed by atoms with Crippen LogP contribution in [0.2, 0.25) is 10.0 Å². The summed E-state index contributed by atoms with van der Waals surface area (Å²) in [5.41, 5.74) is 1.00. The number of thiophene rings is 1. The van der Waals surface area contributed by atoms with Gasteiger partial charge in [0, 0.05) is 20.5 Å². The fourth-order valence-electron chi connectivity index (χ4n) is 3.40. The maximum Gasteiger partial charge on any atom is 0.295 e. The van der Waals surface area contributed by atoms with Crippen LogP contribution in [0.15, 0.2) is 71.6 Å². The van der Waals surface area contributed by atoms with Crippen molar-refractivity contribution in [2.24, 2.45) is 0 Å². The van der Waals surface area contributed by atoms with E-state index in [1.165, 1.54) is 16.2 Å². The number of aliphatic hydroxyl groups excluding tert-OH is 1. The molecule has 3 aromatic rings. The van der Waals surface area contributed by atoms with Crippen LogP contribution in [0.25, 0.3) is 5.76 Å². The van der Waals surface area contributed by atoms with Gasteiger partial charge in [0.05, 0.1) is 18.2 Å². The predicted molar refractivity (Wildman–Crippen MR) is 115 cm³/mol. The quantitative estimate of drug-likeness (QED) is 0.320. The van der Waals surface area contributed by atoms with Crippen molar-refractivity contribution >= 4 is 52.0 Å². The van der Waals surface area contributed by atoms with Crippen LogP contribution in [0.5, 0.6) is 0 Å². The molecule has 2 aromatic carbocycles. The minimum atomic E-state index is -0.790. The van der Waals surface area contributed by atoms with Crippen LogP contribution in [0.3, 0.4) is 0 Å². The van der Waals surface area contributed by atoms with E-state index in [2.05, 4.69) is 0 Å². The monoisotopic (exact) mass is 443 g/mol. The molecule has 29 heavy (non-hydrogen) atoms. The van der Waals surface area contributed by atoms with Crippen LogP contribution >= 0.6 is 34.5 Å². The maximum atomic E-state index is 12.9. The summed E-state index contributed by atoms with van der Waals surface area (Å²) in [7, 11) is 0. The molecule has 4 rings (SSSR count). The first-order valence-electron chi connectivity index (χ1n) is 8.78. The number of likely N-dealkylation sites (tertiary alicyclic amines) is 1. The number of amides is 1. The van der Waals surface area contributed by atoms with Gasteiger partial charge in [0.1, 0.15) is 5.76 Å². The highest BCUT2D eigenvalue weighted by Crippen LogP contribution is 2.42. The molecular formula is C22H15Cl2NO3S. The van der Waals surface area contributed by atoms with Crippen molar-refractivity contribution in [3.05, 3.63) is 97.7 Å². The number of hydrogen-bond acceptors (Lipinski definition) is 4. The summed E-state index contributed by atoms with van der Waals surface area (Å²) in [6.45, 7) is 0.246. The molecule has 0 radical (unpaired) electrons. The molecule has 146 valence electrons. The Morgan fingerprint density at radius 2 is 1.72 bits per heavy atom. The first kappa shape index (κ1) is 19.7. The molecule has 7 heteroatoms. The number of ketones is 1. The highest BCUT2D eigenvalue weighted by atomic mass is 35.5. The molecule has 1 aromatic heterocycles. The lowest BCUT2D eigenvalue weighted by Gasteiger charge is -2.25. The van der Waals surface area contributed by atoms with Gasteiger partial charge in [-0.05, 0) is 47.3 Å². The fourth-order valence-corrected chi connectivity index (χ4v) is 4.46. The van der Waals surface area contributed by atoms with Gasteiger partial charge < -0.3 is 10.0 Å². The average Bonchev–Trinajstić information content (AvgIpc) is 3.31. The Bertz CT molecular complexity index is 1110. The fraction of sp³-hybridized carbons (Fsp3) is 0.0909. The molecule has 1 aliphatic rings. The van der Waals surface area contributed by atoms with E-state index in [0.29, 0.717) is 21.2 Å². The second kappa shape index (κ2) is 8.03. The topological polar surface area (TPSA) is 57.6 Å². The molecule has 4 nitrogen and oxygen atoms in total. The van der Waals surface area contributed by atoms with Crippen molar-refractivity contribution < 1.29 is 14.7 Å². The van der Waals surface area contributed by atoms with E-state index >= 15 is 0 Å². The molecule has 1 saturated heterocycles. The zero-order chi connectivity index (χ0) is 20.5. The second-order valence-corrected chi connectivity index (χ2v) is 8.41. The summed E-state index contributed by atoms with van der Waals surface area (Å²) >= 11 is 13.8. The molecule has 1 fully saturated rings. The van der Waals surface area contributed by atoms with Gasteiger partial charge in [0.15, 0.2) is 0 Å². The van der Waals surface area contributed by atoms with Gasteiger partial charge in [-0.2, -0.15) is 0 Å². The second-order valence-electron chi connectivity index (χ2n) is 6.53. The number of aliphatic hydroxyl groups is 1. The number of rotatable bonds is 4. The van der Waals surface area contributed by atoms with E-state index in [9.17, 15) is 14.7 Å². The third-order valence-corrected chi connectivity index (χ3v) is 6.22. The minimum absolute atomic E-state index is 0.0157. The zero-order valence-corrected chi connectivity index (χ0v) is 17.3. The van der Waals surface area contributed by atoms with E-state index in [4.69, 9.17) is 23.2 Å². The van der Waals surface area contributed by atoms with Crippen LogP contribution in [-0.4, -0.2) is 21.7 Å². The SMILES string of the molecule is O=C1C(=O)N(Cc2cccs2)C(c2ccccc2Cl)/C1=C(\O)c1ccc(Cl)cc1. The Balaban J connectivity index is 1.89. The van der Waals surface area contributed by atoms with Gasteiger partial charge in [-0.3, -0.25) is 9.59 Å². The van der Waals surface area contributed by atoms with Crippen LogP contribution < -0.4 is 0 Å². The molecule has 0 saturated carbocycles. The lowest BCUT2D eigenvalue weighted by molar-refractivity contribution is -0.140. The predicted octanol–water partition coefficient (Wildman–Crippen LogP) is 5.68. The smallest absolute Gasteiger partial charge is 0.295 e. The largest absolute Gasteiger partial charge is 0.507 e. The van der Waals surface area contributed by atoms with Crippen LogP contribution in [0, 0.1) is 0 Å². The molecule has 1 amide bonds. The first-order valence-corrected chi connectivity index (χ1v) is 10.4. The van der Waals surface area contributed by atoms with E-state index in [1.807, 2.05) is 17.5 Å². The number of halogens is 2. The summed E-state index contributed by atoms with van der Waals surface area (Å²) < 4.78 is 0. The lowest BCUT2D eigenvalue weighted by atomic mass is 9.95. The standard InChI is InChI=1S/C22H15Cl2NO3S/c23-14-9-7-13(8-10-14)20(26)18-19(16-5-1-2-6-17(16)24)25(22(28)21(18)27)12-15-4-3-11-29-15/h1-11,19,26H,12H2/b20-18+. The summed E-state index contributed by atoms with van der Waals surface area (Å²) in [6.07, 6.45) is 0. The average molecular weight is 444 g/mol. The van der Waals surface area contributed by atoms with E-state index in [1.54, 1.807) is 48.5 Å². The molecule has 0 spiro atoms. The summed E-state index contributed by atoms with van der Waals surface area (Å²) in [6, 6.07) is 16.4. The summed E-state index contributed by atoms with van der Waals surface area (Å²) in [5, 5.41) is 13.8. The maximum absolute atomic E-state index is 12.9. The van der Waals surface area contributed by atoms with Crippen molar-refractivity contribution in [2.75, 3.05) is 0 Å². The van der Waals surface area contributed by atoms with Gasteiger partial charge >= 0.3 is 0 Å². The molecule has 1 unspecified atom stereocenters. The van der Waals surface area contributed by atoms with Gasteiger partial charge in [0.25, 0.3) is 11.7 Å². The van der Waals surface area contributed by atoms with Gasteiger partial charge in [-0.25, -0.2) is 0 Å². The van der Waals surface area contributed by atoms with E-state index < -0.39 is 17.7 Å². The van der Waals surface area contributed by atoms with Crippen molar-refractivity contribution in [3.63, 3.8) is 0 Å². The van der Waals surface area contributed by atoms with Gasteiger partial charge in [-0.15, -0.1) is 11.3 Å². The molecule has 1 N–H and O–H groups in total. The zero-order valence-electron chi connectivity index (χ0n) is 15.0. The van der Waals surface area contributed by atoms with E-state index in [0.717, 1.165) is 4.88 Å². The number of Topliss-reactive ketones (excluding diaryl/α,β-unsaturated/α-hetero) is 1. The summed E-state index contributed by atoms with van der Waals surface area (Å²) in [5.74, 6) is -1.66. The first-order chi connectivity index (χ1) is 14.0. The van der Waals surface area contributed by atoms with Crippen LogP contribution in [0.4, 0.5) is 0 Å². The lowest BCUT2D eigenvalue weighted by Crippen LogP contribution is -2.29. The minimum Gasteiger partial charge on any atom is -0.507 e. The van der Waals surface area contributed by atoms with Crippen molar-refractivity contribution in [3.8, 4) is 0 Å². The van der Waals surface area contributed by atoms with Crippen molar-refractivity contribution in [2.45, 2.75) is 12.6 Å². The number of nitrogens with zero attached hydrogens (tertiary/aromatic N) is 1. The van der Waals surface area contributed by atoms with Gasteiger partial charge in [0.2, 0.25) is 0 Å². The molecule has 1 atom stereocenters. The molecule has 1 aliphatic heterocycles. The molecule has 2 heterocycles. The van der Waals surface area contributed by atoms with E-state index in [-0.39, 0.29) is 17.9 Å². The third kappa shape index (κ3) is 3.69. The molecule has 0 aliphatic carbocycles. The number of benzene rings is 2. The molecular weight excluding hydrogens is 429 g/mol. The Labute approximate surface area is 181 Å². The van der Waals surface area contributed by atoms with Crippen molar-refractivity contribution in [1.29, 1.82) is 0 Å². The number of hydrogen-bond donors (Lipinski definition) is 1. The Kier molecular flexibility index (Phi) is 5.46. The Hall–Kier alpha value is -2.60. The normalized spacial score (nSPS) is 18.4. The number of carbonyl (C=O) groups is 2. The highest BCUT2D eigenvalue weighted by Gasteiger charge is 2.46. The van der Waals surface area contributed by atoms with Crippen molar-refractivity contribution in [1.82, 2.24) is 4.90 Å². The van der Waals surface area contributed by atoms with Gasteiger partial charge in [-0.1, -0.05) is 47.5 Å². The molecule has 0 bridgehead atoms. The Morgan fingerprint density at radius 3 is 2.38 bits per heavy atom. The van der Waals surface area contributed by atoms with Crippen LogP contribution in [-0.2, 0) is 16.1 Å².